The Labute approximate surface area is 152 Å². The van der Waals surface area contributed by atoms with Crippen molar-refractivity contribution in [1.82, 2.24) is 20.0 Å². The quantitative estimate of drug-likeness (QED) is 0.780. The molecule has 1 unspecified atom stereocenters. The molecule has 2 aromatic heterocycles. The van der Waals surface area contributed by atoms with Crippen molar-refractivity contribution in [1.29, 1.82) is 0 Å². The second-order valence-corrected chi connectivity index (χ2v) is 7.20. The Morgan fingerprint density at radius 2 is 2.00 bits per heavy atom. The van der Waals surface area contributed by atoms with Crippen LogP contribution >= 0.6 is 0 Å². The molecule has 1 saturated heterocycles. The van der Waals surface area contributed by atoms with Gasteiger partial charge in [-0.3, -0.25) is 4.79 Å². The molecular weight excluding hydrogens is 328 g/mol. The van der Waals surface area contributed by atoms with E-state index in [1.54, 1.807) is 0 Å². The number of nitrogens with one attached hydrogen (secondary N) is 1. The number of amides is 1. The summed E-state index contributed by atoms with van der Waals surface area (Å²) in [5.74, 6) is 2.09. The normalized spacial score (nSPS) is 17.0. The van der Waals surface area contributed by atoms with Crippen LogP contribution in [0.1, 0.15) is 54.4 Å². The van der Waals surface area contributed by atoms with E-state index in [0.29, 0.717) is 5.92 Å². The highest BCUT2D eigenvalue weighted by Gasteiger charge is 2.31. The number of para-hydroxylation sites is 2. The van der Waals surface area contributed by atoms with Crippen molar-refractivity contribution >= 4 is 16.9 Å². The third-order valence-electron chi connectivity index (χ3n) is 5.49. The third-order valence-corrected chi connectivity index (χ3v) is 5.49. The van der Waals surface area contributed by atoms with Crippen molar-refractivity contribution < 1.29 is 9.32 Å². The van der Waals surface area contributed by atoms with Gasteiger partial charge in [0.2, 0.25) is 5.91 Å². The molecular formula is C20H24N4O2. The Hall–Kier alpha value is -2.63. The second-order valence-electron chi connectivity index (χ2n) is 7.20. The summed E-state index contributed by atoms with van der Waals surface area (Å²) >= 11 is 0. The summed E-state index contributed by atoms with van der Waals surface area (Å²) in [6.45, 7) is 7.22. The van der Waals surface area contributed by atoms with E-state index in [1.807, 2.05) is 43.9 Å². The van der Waals surface area contributed by atoms with Crippen LogP contribution in [0.3, 0.4) is 0 Å². The van der Waals surface area contributed by atoms with Crippen LogP contribution in [0.25, 0.3) is 11.0 Å². The van der Waals surface area contributed by atoms with Gasteiger partial charge in [-0.1, -0.05) is 17.3 Å². The molecule has 1 aromatic carbocycles. The predicted molar refractivity (Wildman–Crippen MR) is 99.0 cm³/mol. The minimum Gasteiger partial charge on any atom is -0.361 e. The fraction of sp³-hybridized carbons (Fsp3) is 0.450. The minimum absolute atomic E-state index is 0.155. The average Bonchev–Trinajstić information content (AvgIpc) is 3.24. The molecule has 1 aliphatic rings. The molecule has 1 atom stereocenters. The van der Waals surface area contributed by atoms with Gasteiger partial charge in [0.1, 0.15) is 11.6 Å². The van der Waals surface area contributed by atoms with E-state index in [4.69, 9.17) is 9.51 Å². The molecule has 1 N–H and O–H groups in total. The lowest BCUT2D eigenvalue weighted by Gasteiger charge is -2.33. The SMILES string of the molecule is Cc1noc(C)c1C(C)C(=O)N1CCC(c2nc3ccccc3[nH]2)CC1. The molecule has 1 amide bonds. The van der Waals surface area contributed by atoms with Gasteiger partial charge >= 0.3 is 0 Å². The highest BCUT2D eigenvalue weighted by molar-refractivity contribution is 5.84. The fourth-order valence-electron chi connectivity index (χ4n) is 4.04. The lowest BCUT2D eigenvalue weighted by atomic mass is 9.93. The van der Waals surface area contributed by atoms with E-state index in [0.717, 1.165) is 59.8 Å². The summed E-state index contributed by atoms with van der Waals surface area (Å²) in [5, 5.41) is 3.98. The minimum atomic E-state index is -0.219. The molecule has 0 spiro atoms. The molecule has 3 aromatic rings. The number of aromatic amines is 1. The van der Waals surface area contributed by atoms with Gasteiger partial charge in [-0.2, -0.15) is 0 Å². The lowest BCUT2D eigenvalue weighted by Crippen LogP contribution is -2.40. The molecule has 6 heteroatoms. The molecule has 0 radical (unpaired) electrons. The Bertz CT molecular complexity index is 882. The van der Waals surface area contributed by atoms with Crippen LogP contribution in [0.4, 0.5) is 0 Å². The molecule has 0 bridgehead atoms. The maximum atomic E-state index is 12.9. The summed E-state index contributed by atoms with van der Waals surface area (Å²) < 4.78 is 5.22. The van der Waals surface area contributed by atoms with Crippen molar-refractivity contribution in [2.75, 3.05) is 13.1 Å². The van der Waals surface area contributed by atoms with Crippen LogP contribution in [0.5, 0.6) is 0 Å². The Balaban J connectivity index is 1.43. The topological polar surface area (TPSA) is 75.0 Å². The second kappa shape index (κ2) is 6.59. The number of rotatable bonds is 3. The monoisotopic (exact) mass is 352 g/mol. The number of likely N-dealkylation sites (tertiary alicyclic amines) is 1. The zero-order valence-corrected chi connectivity index (χ0v) is 15.5. The van der Waals surface area contributed by atoms with Gasteiger partial charge in [0.05, 0.1) is 22.6 Å². The van der Waals surface area contributed by atoms with E-state index in [1.165, 1.54) is 0 Å². The first kappa shape index (κ1) is 16.8. The molecule has 26 heavy (non-hydrogen) atoms. The number of fused-ring (bicyclic) bond motifs is 1. The number of carbonyl (C=O) groups is 1. The van der Waals surface area contributed by atoms with Crippen LogP contribution in [-0.2, 0) is 4.79 Å². The van der Waals surface area contributed by atoms with E-state index >= 15 is 0 Å². The van der Waals surface area contributed by atoms with Crippen molar-refractivity contribution in [3.8, 4) is 0 Å². The summed E-state index contributed by atoms with van der Waals surface area (Å²) in [6, 6.07) is 8.10. The largest absolute Gasteiger partial charge is 0.361 e. The smallest absolute Gasteiger partial charge is 0.230 e. The van der Waals surface area contributed by atoms with E-state index in [-0.39, 0.29) is 11.8 Å². The van der Waals surface area contributed by atoms with Gasteiger partial charge in [-0.15, -0.1) is 0 Å². The summed E-state index contributed by atoms with van der Waals surface area (Å²) in [6.07, 6.45) is 1.86. The predicted octanol–water partition coefficient (Wildman–Crippen LogP) is 3.68. The Morgan fingerprint density at radius 3 is 2.65 bits per heavy atom. The zero-order chi connectivity index (χ0) is 18.3. The van der Waals surface area contributed by atoms with Crippen LogP contribution in [0.15, 0.2) is 28.8 Å². The van der Waals surface area contributed by atoms with Gasteiger partial charge in [0.15, 0.2) is 0 Å². The average molecular weight is 352 g/mol. The molecule has 1 aliphatic heterocycles. The number of imidazole rings is 1. The number of aromatic nitrogens is 3. The first-order chi connectivity index (χ1) is 12.5. The van der Waals surface area contributed by atoms with Crippen LogP contribution in [-0.4, -0.2) is 39.0 Å². The van der Waals surface area contributed by atoms with Crippen LogP contribution in [0, 0.1) is 13.8 Å². The highest BCUT2D eigenvalue weighted by atomic mass is 16.5. The number of hydrogen-bond acceptors (Lipinski definition) is 4. The van der Waals surface area contributed by atoms with Crippen LogP contribution < -0.4 is 0 Å². The summed E-state index contributed by atoms with van der Waals surface area (Å²) in [5.41, 5.74) is 3.82. The standard InChI is InChI=1S/C20H24N4O2/c1-12(18-13(2)23-26-14(18)3)20(25)24-10-8-15(9-11-24)19-21-16-6-4-5-7-17(16)22-19/h4-7,12,15H,8-11H2,1-3H3,(H,21,22). The molecule has 6 nitrogen and oxygen atoms in total. The van der Waals surface area contributed by atoms with Gasteiger partial charge in [-0.25, -0.2) is 4.98 Å². The molecule has 1 fully saturated rings. The Kier molecular flexibility index (Phi) is 4.26. The first-order valence-electron chi connectivity index (χ1n) is 9.20. The number of aryl methyl sites for hydroxylation is 2. The van der Waals surface area contributed by atoms with Crippen molar-refractivity contribution in [2.24, 2.45) is 0 Å². The maximum Gasteiger partial charge on any atom is 0.230 e. The van der Waals surface area contributed by atoms with E-state index in [2.05, 4.69) is 16.2 Å². The molecule has 0 saturated carbocycles. The van der Waals surface area contributed by atoms with Gasteiger partial charge in [0, 0.05) is 24.6 Å². The van der Waals surface area contributed by atoms with Crippen molar-refractivity contribution in [2.45, 2.75) is 45.4 Å². The van der Waals surface area contributed by atoms with Gasteiger partial charge in [0.25, 0.3) is 0 Å². The number of benzene rings is 1. The molecule has 4 rings (SSSR count). The van der Waals surface area contributed by atoms with E-state index < -0.39 is 0 Å². The Morgan fingerprint density at radius 1 is 1.27 bits per heavy atom. The number of piperidine rings is 1. The number of hydrogen-bond donors (Lipinski definition) is 1. The van der Waals surface area contributed by atoms with Gasteiger partial charge < -0.3 is 14.4 Å². The van der Waals surface area contributed by atoms with Gasteiger partial charge in [-0.05, 0) is 45.7 Å². The fourth-order valence-corrected chi connectivity index (χ4v) is 4.04. The van der Waals surface area contributed by atoms with Crippen molar-refractivity contribution in [3.63, 3.8) is 0 Å². The summed E-state index contributed by atoms with van der Waals surface area (Å²) in [4.78, 5) is 23.0. The number of nitrogens with zero attached hydrogens (tertiary/aromatic N) is 3. The molecule has 3 heterocycles. The number of H-pyrrole nitrogens is 1. The lowest BCUT2D eigenvalue weighted by molar-refractivity contribution is -0.133. The van der Waals surface area contributed by atoms with Crippen LogP contribution in [0.2, 0.25) is 0 Å². The maximum absolute atomic E-state index is 12.9. The summed E-state index contributed by atoms with van der Waals surface area (Å²) in [7, 11) is 0. The van der Waals surface area contributed by atoms with E-state index in [9.17, 15) is 4.79 Å². The van der Waals surface area contributed by atoms with Crippen molar-refractivity contribution in [3.05, 3.63) is 47.1 Å². The first-order valence-corrected chi connectivity index (χ1v) is 9.20. The third kappa shape index (κ3) is 2.89. The molecule has 136 valence electrons. The zero-order valence-electron chi connectivity index (χ0n) is 15.5. The molecule has 0 aliphatic carbocycles. The highest BCUT2D eigenvalue weighted by Crippen LogP contribution is 2.30. The number of carbonyl (C=O) groups excluding carboxylic acids is 1.